The number of pyridine rings is 1. The lowest BCUT2D eigenvalue weighted by molar-refractivity contribution is -0.118. The van der Waals surface area contributed by atoms with Gasteiger partial charge in [-0.15, -0.1) is 0 Å². The van der Waals surface area contributed by atoms with Crippen LogP contribution in [0.1, 0.15) is 31.1 Å². The fraction of sp³-hybridized carbons (Fsp3) is 0.226. The van der Waals surface area contributed by atoms with Crippen molar-refractivity contribution in [3.05, 3.63) is 102 Å². The Bertz CT molecular complexity index is 1670. The average Bonchev–Trinajstić information content (AvgIpc) is 3.65. The Labute approximate surface area is 234 Å². The van der Waals surface area contributed by atoms with E-state index in [1.807, 2.05) is 61.5 Å². The van der Waals surface area contributed by atoms with Crippen molar-refractivity contribution >= 4 is 21.6 Å². The molecule has 8 nitrogen and oxygen atoms in total. The highest BCUT2D eigenvalue weighted by molar-refractivity contribution is 7.89. The Hall–Kier alpha value is -4.21. The van der Waals surface area contributed by atoms with E-state index >= 15 is 0 Å². The number of ether oxygens (including phenoxy) is 2. The fourth-order valence-electron chi connectivity index (χ4n) is 4.98. The van der Waals surface area contributed by atoms with Crippen LogP contribution in [-0.2, 0) is 26.7 Å². The predicted octanol–water partition coefficient (Wildman–Crippen LogP) is 5.22. The van der Waals surface area contributed by atoms with Crippen molar-refractivity contribution in [3.8, 4) is 22.6 Å². The molecular weight excluding hydrogens is 526 g/mol. The predicted molar refractivity (Wildman–Crippen MR) is 154 cm³/mol. The molecule has 2 aliphatic rings. The molecule has 3 aromatic carbocycles. The number of aromatic nitrogens is 1. The molecule has 0 atom stereocenters. The molecular formula is C31H31N3O5S. The SMILES string of the molecule is Cc1ccc(NC(=O)C2(c3ccc4c(c3)OCO4)CC2)cc1-c1ccc(S(=O)(=O)NCCc2ccccn2)cc1.[HH]. The van der Waals surface area contributed by atoms with E-state index < -0.39 is 15.4 Å². The Morgan fingerprint density at radius 2 is 1.77 bits per heavy atom. The molecule has 0 unspecified atom stereocenters. The van der Waals surface area contributed by atoms with E-state index in [0.29, 0.717) is 23.6 Å². The molecule has 1 saturated carbocycles. The van der Waals surface area contributed by atoms with Gasteiger partial charge in [0.05, 0.1) is 10.3 Å². The molecule has 9 heteroatoms. The van der Waals surface area contributed by atoms with Crippen LogP contribution < -0.4 is 19.5 Å². The topological polar surface area (TPSA) is 107 Å². The van der Waals surface area contributed by atoms with E-state index in [1.54, 1.807) is 30.5 Å². The van der Waals surface area contributed by atoms with Crippen LogP contribution in [0.5, 0.6) is 11.5 Å². The maximum Gasteiger partial charge on any atom is 0.240 e. The van der Waals surface area contributed by atoms with Gasteiger partial charge < -0.3 is 14.8 Å². The summed E-state index contributed by atoms with van der Waals surface area (Å²) in [6, 6.07) is 23.8. The molecule has 0 radical (unpaired) electrons. The minimum atomic E-state index is -3.65. The van der Waals surface area contributed by atoms with Gasteiger partial charge in [0, 0.05) is 32.0 Å². The molecule has 1 fully saturated rings. The number of nitrogens with zero attached hydrogens (tertiary/aromatic N) is 1. The lowest BCUT2D eigenvalue weighted by Gasteiger charge is -2.17. The van der Waals surface area contributed by atoms with Gasteiger partial charge in [-0.1, -0.05) is 30.3 Å². The van der Waals surface area contributed by atoms with Crippen LogP contribution in [-0.4, -0.2) is 32.6 Å². The Kier molecular flexibility index (Phi) is 6.77. The number of rotatable bonds is 9. The van der Waals surface area contributed by atoms with Gasteiger partial charge in [-0.05, 0) is 90.6 Å². The zero-order valence-corrected chi connectivity index (χ0v) is 22.8. The summed E-state index contributed by atoms with van der Waals surface area (Å²) in [4.78, 5) is 17.8. The third kappa shape index (κ3) is 5.17. The van der Waals surface area contributed by atoms with E-state index in [9.17, 15) is 13.2 Å². The molecule has 0 saturated heterocycles. The average molecular weight is 558 g/mol. The lowest BCUT2D eigenvalue weighted by atomic mass is 9.94. The Morgan fingerprint density at radius 3 is 2.52 bits per heavy atom. The summed E-state index contributed by atoms with van der Waals surface area (Å²) in [6.07, 6.45) is 3.73. The quantitative estimate of drug-likeness (QED) is 0.292. The third-order valence-corrected chi connectivity index (χ3v) is 8.96. The second-order valence-corrected chi connectivity index (χ2v) is 11.9. The summed E-state index contributed by atoms with van der Waals surface area (Å²) in [6.45, 7) is 2.44. The van der Waals surface area contributed by atoms with Gasteiger partial charge in [0.2, 0.25) is 22.7 Å². The standard InChI is InChI=1S/C31H29N3O5S.H2/c1-21-5-9-25(34-30(35)31(14-15-31)23-8-12-28-29(18-23)39-20-38-28)19-27(21)22-6-10-26(11-7-22)40(36,37)33-17-13-24-4-2-3-16-32-24;/h2-12,16,18-19,33H,13-15,17,20H2,1H3,(H,34,35);1H. The summed E-state index contributed by atoms with van der Waals surface area (Å²) < 4.78 is 39.2. The monoisotopic (exact) mass is 557 g/mol. The molecule has 6 rings (SSSR count). The first-order valence-corrected chi connectivity index (χ1v) is 14.6. The summed E-state index contributed by atoms with van der Waals surface area (Å²) in [5.41, 5.74) is 4.64. The third-order valence-electron chi connectivity index (χ3n) is 7.48. The number of sulfonamides is 1. The number of hydrogen-bond donors (Lipinski definition) is 2. The number of carbonyl (C=O) groups excluding carboxylic acids is 1. The van der Waals surface area contributed by atoms with E-state index in [4.69, 9.17) is 9.47 Å². The fourth-order valence-corrected chi connectivity index (χ4v) is 6.02. The van der Waals surface area contributed by atoms with Gasteiger partial charge in [0.15, 0.2) is 11.5 Å². The van der Waals surface area contributed by atoms with Gasteiger partial charge in [0.1, 0.15) is 0 Å². The minimum absolute atomic E-state index is 0. The normalized spacial score (nSPS) is 15.0. The summed E-state index contributed by atoms with van der Waals surface area (Å²) >= 11 is 0. The zero-order valence-electron chi connectivity index (χ0n) is 22.0. The first-order valence-electron chi connectivity index (χ1n) is 13.2. The van der Waals surface area contributed by atoms with E-state index in [-0.39, 0.29) is 25.6 Å². The van der Waals surface area contributed by atoms with Gasteiger partial charge in [-0.3, -0.25) is 9.78 Å². The Balaban J connectivity index is 0.00000337. The smallest absolute Gasteiger partial charge is 0.240 e. The number of anilines is 1. The molecule has 0 spiro atoms. The lowest BCUT2D eigenvalue weighted by Crippen LogP contribution is -2.27. The molecule has 4 aromatic rings. The first-order chi connectivity index (χ1) is 19.3. The largest absolute Gasteiger partial charge is 0.454 e. The van der Waals surface area contributed by atoms with Crippen LogP contribution in [0.15, 0.2) is 90.0 Å². The highest BCUT2D eigenvalue weighted by atomic mass is 32.2. The van der Waals surface area contributed by atoms with Crippen molar-refractivity contribution in [2.45, 2.75) is 36.5 Å². The van der Waals surface area contributed by atoms with Crippen LogP contribution in [0.4, 0.5) is 5.69 Å². The van der Waals surface area contributed by atoms with Crippen molar-refractivity contribution in [2.24, 2.45) is 0 Å². The molecule has 0 bridgehead atoms. The second kappa shape index (κ2) is 10.4. The van der Waals surface area contributed by atoms with E-state index in [2.05, 4.69) is 15.0 Å². The molecule has 1 aliphatic carbocycles. The van der Waals surface area contributed by atoms with Crippen molar-refractivity contribution < 1.29 is 24.1 Å². The van der Waals surface area contributed by atoms with Gasteiger partial charge in [-0.2, -0.15) is 0 Å². The Morgan fingerprint density at radius 1 is 0.975 bits per heavy atom. The van der Waals surface area contributed by atoms with Crippen LogP contribution in [0.2, 0.25) is 0 Å². The van der Waals surface area contributed by atoms with Gasteiger partial charge in [0.25, 0.3) is 0 Å². The number of nitrogens with one attached hydrogen (secondary N) is 2. The maximum atomic E-state index is 13.4. The number of fused-ring (bicyclic) bond motifs is 1. The minimum Gasteiger partial charge on any atom is -0.454 e. The molecule has 2 heterocycles. The van der Waals surface area contributed by atoms with Crippen molar-refractivity contribution in [3.63, 3.8) is 0 Å². The van der Waals surface area contributed by atoms with E-state index in [1.165, 1.54) is 0 Å². The summed E-state index contributed by atoms with van der Waals surface area (Å²) in [5, 5.41) is 3.10. The molecule has 40 heavy (non-hydrogen) atoms. The zero-order chi connectivity index (χ0) is 27.7. The first kappa shape index (κ1) is 26.0. The molecule has 206 valence electrons. The van der Waals surface area contributed by atoms with Crippen molar-refractivity contribution in [1.29, 1.82) is 0 Å². The number of carbonyl (C=O) groups is 1. The van der Waals surface area contributed by atoms with Crippen LogP contribution >= 0.6 is 0 Å². The van der Waals surface area contributed by atoms with Gasteiger partial charge >= 0.3 is 0 Å². The van der Waals surface area contributed by atoms with Crippen molar-refractivity contribution in [1.82, 2.24) is 9.71 Å². The molecule has 1 aliphatic heterocycles. The molecule has 1 aromatic heterocycles. The highest BCUT2D eigenvalue weighted by Crippen LogP contribution is 2.51. The van der Waals surface area contributed by atoms with Crippen molar-refractivity contribution in [2.75, 3.05) is 18.7 Å². The highest BCUT2D eigenvalue weighted by Gasteiger charge is 2.51. The maximum absolute atomic E-state index is 13.4. The summed E-state index contributed by atoms with van der Waals surface area (Å²) in [7, 11) is -3.65. The van der Waals surface area contributed by atoms with Gasteiger partial charge in [-0.25, -0.2) is 13.1 Å². The number of hydrogen-bond acceptors (Lipinski definition) is 6. The van der Waals surface area contributed by atoms with Crippen LogP contribution in [0.3, 0.4) is 0 Å². The summed E-state index contributed by atoms with van der Waals surface area (Å²) in [5.74, 6) is 1.31. The molecule has 1 amide bonds. The number of amides is 1. The van der Waals surface area contributed by atoms with Crippen LogP contribution in [0.25, 0.3) is 11.1 Å². The van der Waals surface area contributed by atoms with Crippen LogP contribution in [0, 0.1) is 6.92 Å². The second-order valence-electron chi connectivity index (χ2n) is 10.1. The number of benzene rings is 3. The number of aryl methyl sites for hydroxylation is 1. The molecule has 2 N–H and O–H groups in total. The van der Waals surface area contributed by atoms with E-state index in [0.717, 1.165) is 40.8 Å².